The minimum absolute atomic E-state index is 0.237. The molecule has 0 aliphatic heterocycles. The molecule has 0 aliphatic rings. The monoisotopic (exact) mass is 690 g/mol. The van der Waals surface area contributed by atoms with Crippen LogP contribution in [0.3, 0.4) is 0 Å². The number of rotatable bonds is 18. The summed E-state index contributed by atoms with van der Waals surface area (Å²) in [6.45, 7) is 14.8. The van der Waals surface area contributed by atoms with Crippen molar-refractivity contribution in [2.45, 2.75) is 99.3 Å². The Hall–Kier alpha value is -1.92. The average molecular weight is 690 g/mol. The molecular formula is C35H51ClO4Sn. The molecule has 6 heteroatoms. The number of aryl methyl sites for hydroxylation is 2. The first-order chi connectivity index (χ1) is 19.7. The van der Waals surface area contributed by atoms with Gasteiger partial charge in [0.15, 0.2) is 0 Å². The van der Waals surface area contributed by atoms with E-state index in [1.807, 2.05) is 38.1 Å². The third-order valence-electron chi connectivity index (χ3n) is 8.08. The van der Waals surface area contributed by atoms with Gasteiger partial charge in [0.25, 0.3) is 0 Å². The fraction of sp³-hybridized carbons (Fsp3) is 0.514. The van der Waals surface area contributed by atoms with Crippen LogP contribution in [-0.2, 0) is 22.4 Å². The van der Waals surface area contributed by atoms with Gasteiger partial charge in [0.1, 0.15) is 0 Å². The molecule has 2 aromatic rings. The summed E-state index contributed by atoms with van der Waals surface area (Å²) in [5.41, 5.74) is 4.33. The quantitative estimate of drug-likeness (QED) is 0.0676. The summed E-state index contributed by atoms with van der Waals surface area (Å²) in [6, 6.07) is 8.16. The third-order valence-corrected chi connectivity index (χ3v) is 24.4. The molecule has 4 nitrogen and oxygen atoms in total. The minimum atomic E-state index is -2.90. The van der Waals surface area contributed by atoms with Crippen molar-refractivity contribution in [1.82, 2.24) is 0 Å². The van der Waals surface area contributed by atoms with E-state index in [1.54, 1.807) is 7.11 Å². The Morgan fingerprint density at radius 1 is 0.902 bits per heavy atom. The maximum absolute atomic E-state index is 12.7. The number of carbonyl (C=O) groups is 1. The Bertz CT molecular complexity index is 1170. The van der Waals surface area contributed by atoms with Gasteiger partial charge in [-0.25, -0.2) is 0 Å². The van der Waals surface area contributed by atoms with E-state index < -0.39 is 18.4 Å². The summed E-state index contributed by atoms with van der Waals surface area (Å²) < 4.78 is 22.7. The van der Waals surface area contributed by atoms with Gasteiger partial charge in [0.2, 0.25) is 0 Å². The Kier molecular flexibility index (Phi) is 15.4. The molecule has 0 atom stereocenters. The second-order valence-electron chi connectivity index (χ2n) is 11.2. The molecule has 2 aromatic carbocycles. The Morgan fingerprint density at radius 2 is 1.51 bits per heavy atom. The van der Waals surface area contributed by atoms with E-state index in [-0.39, 0.29) is 5.97 Å². The van der Waals surface area contributed by atoms with E-state index in [1.165, 1.54) is 62.5 Å². The van der Waals surface area contributed by atoms with Crippen LogP contribution in [0.25, 0.3) is 0 Å². The van der Waals surface area contributed by atoms with Crippen LogP contribution in [0, 0.1) is 13.8 Å². The van der Waals surface area contributed by atoms with Crippen molar-refractivity contribution >= 4 is 35.9 Å². The van der Waals surface area contributed by atoms with Crippen molar-refractivity contribution in [2.75, 3.05) is 14.2 Å². The number of methoxy groups -OCH3 is 2. The molecule has 0 saturated carbocycles. The first-order valence-corrected chi connectivity index (χ1v) is 23.1. The molecule has 2 rings (SSSR count). The standard InChI is InChI=1S/C23H24ClO4.3C4H9.Sn/c1-6-8-18-14-20(19(24)12-15(18)2)28-23-16(3)11-17(13-21(23)26-4)9-7-10-22(25)27-5;3*1-3-4-2;/h6,10-14H,1,8-9H2,2-5H3;3*1,3-4H2,2H3;. The van der Waals surface area contributed by atoms with Crippen LogP contribution >= 0.6 is 11.6 Å². The van der Waals surface area contributed by atoms with Gasteiger partial charge >= 0.3 is 253 Å². The van der Waals surface area contributed by atoms with Gasteiger partial charge < -0.3 is 0 Å². The number of halogens is 1. The Morgan fingerprint density at radius 3 is 2.02 bits per heavy atom. The second-order valence-corrected chi connectivity index (χ2v) is 25.0. The zero-order valence-electron chi connectivity index (χ0n) is 26.5. The van der Waals surface area contributed by atoms with E-state index in [9.17, 15) is 4.79 Å². The van der Waals surface area contributed by atoms with Crippen molar-refractivity contribution in [3.63, 3.8) is 0 Å². The maximum atomic E-state index is 12.7. The topological polar surface area (TPSA) is 44.8 Å². The van der Waals surface area contributed by atoms with E-state index >= 15 is 0 Å². The number of hydrogen-bond donors (Lipinski definition) is 0. The summed E-state index contributed by atoms with van der Waals surface area (Å²) in [5.74, 6) is 1.68. The van der Waals surface area contributed by atoms with Crippen LogP contribution in [0.5, 0.6) is 17.2 Å². The molecule has 0 aliphatic carbocycles. The number of unbranched alkanes of at least 4 members (excludes halogenated alkanes) is 3. The zero-order valence-corrected chi connectivity index (χ0v) is 30.1. The summed E-state index contributed by atoms with van der Waals surface area (Å²) in [5, 5.41) is 0.561. The van der Waals surface area contributed by atoms with Crippen molar-refractivity contribution in [1.29, 1.82) is 0 Å². The molecule has 0 spiro atoms. The normalized spacial score (nSPS) is 11.9. The predicted molar refractivity (Wildman–Crippen MR) is 177 cm³/mol. The molecule has 0 saturated heterocycles. The Balaban J connectivity index is 2.58. The summed E-state index contributed by atoms with van der Waals surface area (Å²) >= 11 is 3.70. The third kappa shape index (κ3) is 10.1. The first kappa shape index (κ1) is 35.3. The molecule has 0 fully saturated rings. The average Bonchev–Trinajstić information content (AvgIpc) is 2.96. The fourth-order valence-electron chi connectivity index (χ4n) is 5.67. The molecule has 0 N–H and O–H groups in total. The molecule has 226 valence electrons. The van der Waals surface area contributed by atoms with Crippen LogP contribution in [0.2, 0.25) is 18.3 Å². The van der Waals surface area contributed by atoms with Crippen LogP contribution in [0.15, 0.2) is 46.6 Å². The molecule has 41 heavy (non-hydrogen) atoms. The molecule has 0 amide bonds. The Labute approximate surface area is 258 Å². The van der Waals surface area contributed by atoms with Gasteiger partial charge in [-0.1, -0.05) is 0 Å². The number of carbonyl (C=O) groups excluding carboxylic acids is 1. The van der Waals surface area contributed by atoms with Gasteiger partial charge in [-0.3, -0.25) is 0 Å². The van der Waals surface area contributed by atoms with Crippen LogP contribution in [0.1, 0.15) is 81.5 Å². The van der Waals surface area contributed by atoms with Gasteiger partial charge in [0.05, 0.1) is 0 Å². The summed E-state index contributed by atoms with van der Waals surface area (Å²) in [7, 11) is 3.15. The molecule has 0 heterocycles. The van der Waals surface area contributed by atoms with Gasteiger partial charge in [0, 0.05) is 0 Å². The van der Waals surface area contributed by atoms with Gasteiger partial charge in [-0.2, -0.15) is 0 Å². The van der Waals surface area contributed by atoms with E-state index in [0.29, 0.717) is 22.3 Å². The second kappa shape index (κ2) is 17.9. The van der Waals surface area contributed by atoms with Crippen LogP contribution in [0.4, 0.5) is 0 Å². The summed E-state index contributed by atoms with van der Waals surface area (Å²) in [6.07, 6.45) is 12.4. The summed E-state index contributed by atoms with van der Waals surface area (Å²) in [4.78, 5) is 12.7. The van der Waals surface area contributed by atoms with Crippen molar-refractivity contribution in [2.24, 2.45) is 0 Å². The van der Waals surface area contributed by atoms with Crippen LogP contribution < -0.4 is 9.47 Å². The molecular weight excluding hydrogens is 639 g/mol. The number of allylic oxidation sites excluding steroid dienone is 2. The number of hydrogen-bond acceptors (Lipinski definition) is 4. The molecule has 0 aromatic heterocycles. The van der Waals surface area contributed by atoms with Crippen molar-refractivity contribution in [3.8, 4) is 17.2 Å². The fourth-order valence-corrected chi connectivity index (χ4v) is 22.5. The van der Waals surface area contributed by atoms with E-state index in [2.05, 4.69) is 39.5 Å². The van der Waals surface area contributed by atoms with E-state index in [4.69, 9.17) is 25.8 Å². The molecule has 0 radical (unpaired) electrons. The molecule has 0 bridgehead atoms. The number of ether oxygens (including phenoxy) is 3. The predicted octanol–water partition coefficient (Wildman–Crippen LogP) is 10.5. The SMILES string of the molecule is C=CCc1cc(Oc2c(C)cc(C/[C](=C\C(=O)OC)[Sn]([CH2]CCC)([CH2]CCC)[CH2]CCC)cc2OC)c(Cl)cc1C. The van der Waals surface area contributed by atoms with Crippen molar-refractivity contribution in [3.05, 3.63) is 73.9 Å². The number of benzene rings is 2. The van der Waals surface area contributed by atoms with Gasteiger partial charge in [-0.05, 0) is 0 Å². The van der Waals surface area contributed by atoms with Gasteiger partial charge in [-0.15, -0.1) is 6.58 Å². The zero-order chi connectivity index (χ0) is 30.4. The van der Waals surface area contributed by atoms with E-state index in [0.717, 1.165) is 35.1 Å². The van der Waals surface area contributed by atoms with Crippen LogP contribution in [-0.4, -0.2) is 38.6 Å². The first-order valence-electron chi connectivity index (χ1n) is 15.2. The van der Waals surface area contributed by atoms with Crippen molar-refractivity contribution < 1.29 is 19.0 Å². The molecule has 0 unspecified atom stereocenters. The number of esters is 1.